The molecule has 0 amide bonds. The average molecular weight is 254 g/mol. The third kappa shape index (κ3) is 1.91. The van der Waals surface area contributed by atoms with E-state index in [0.29, 0.717) is 23.2 Å². The van der Waals surface area contributed by atoms with Crippen molar-refractivity contribution in [3.05, 3.63) is 12.3 Å². The molecule has 1 aliphatic carbocycles. The number of nitrogens with zero attached hydrogens (tertiary/aromatic N) is 1. The molecule has 17 heavy (non-hydrogen) atoms. The first-order valence-corrected chi connectivity index (χ1v) is 7.24. The van der Waals surface area contributed by atoms with Crippen molar-refractivity contribution in [3.8, 4) is 0 Å². The molecular weight excluding hydrogens is 234 g/mol. The maximum atomic E-state index is 11.7. The minimum absolute atomic E-state index is 0.176. The summed E-state index contributed by atoms with van der Waals surface area (Å²) in [6.07, 6.45) is 9.71. The van der Waals surface area contributed by atoms with Gasteiger partial charge in [-0.15, -0.1) is 11.6 Å². The van der Waals surface area contributed by atoms with Crippen molar-refractivity contribution < 1.29 is 4.79 Å². The standard InChI is InChI=1S/C14H20ClNO/c1-9-12-4-2-10-8-11(15)3-5-13(10)16(12)7-6-14(9)17/h6-7,9-13H,2-5,8H2,1H3. The lowest BCUT2D eigenvalue weighted by molar-refractivity contribution is -0.122. The molecule has 5 unspecified atom stereocenters. The van der Waals surface area contributed by atoms with E-state index in [-0.39, 0.29) is 5.92 Å². The van der Waals surface area contributed by atoms with Gasteiger partial charge in [0.1, 0.15) is 0 Å². The fourth-order valence-corrected chi connectivity index (χ4v) is 4.26. The molecule has 3 rings (SSSR count). The van der Waals surface area contributed by atoms with E-state index in [1.165, 1.54) is 12.8 Å². The van der Waals surface area contributed by atoms with Gasteiger partial charge in [-0.2, -0.15) is 0 Å². The van der Waals surface area contributed by atoms with E-state index in [9.17, 15) is 4.79 Å². The maximum Gasteiger partial charge on any atom is 0.161 e. The molecule has 2 aliphatic heterocycles. The van der Waals surface area contributed by atoms with Crippen molar-refractivity contribution in [3.63, 3.8) is 0 Å². The predicted molar refractivity (Wildman–Crippen MR) is 68.9 cm³/mol. The van der Waals surface area contributed by atoms with Crippen LogP contribution in [-0.4, -0.2) is 28.1 Å². The second kappa shape index (κ2) is 4.31. The fourth-order valence-electron chi connectivity index (χ4n) is 3.90. The third-order valence-electron chi connectivity index (χ3n) is 4.91. The summed E-state index contributed by atoms with van der Waals surface area (Å²) in [4.78, 5) is 14.2. The molecule has 3 heteroatoms. The number of carbonyl (C=O) groups excluding carboxylic acids is 1. The van der Waals surface area contributed by atoms with Gasteiger partial charge in [0.05, 0.1) is 0 Å². The number of ketones is 1. The van der Waals surface area contributed by atoms with E-state index in [0.717, 1.165) is 25.2 Å². The topological polar surface area (TPSA) is 20.3 Å². The lowest BCUT2D eigenvalue weighted by Crippen LogP contribution is -2.55. The van der Waals surface area contributed by atoms with Crippen molar-refractivity contribution in [1.29, 1.82) is 0 Å². The molecule has 94 valence electrons. The Labute approximate surface area is 108 Å². The average Bonchev–Trinajstić information content (AvgIpc) is 2.33. The molecule has 0 bridgehead atoms. The van der Waals surface area contributed by atoms with Crippen LogP contribution in [0.3, 0.4) is 0 Å². The van der Waals surface area contributed by atoms with Crippen LogP contribution < -0.4 is 0 Å². The zero-order valence-electron chi connectivity index (χ0n) is 10.3. The highest BCUT2D eigenvalue weighted by Gasteiger charge is 2.43. The molecule has 2 fully saturated rings. The van der Waals surface area contributed by atoms with Gasteiger partial charge in [-0.25, -0.2) is 0 Å². The molecule has 0 aromatic heterocycles. The highest BCUT2D eigenvalue weighted by Crippen LogP contribution is 2.42. The number of hydrogen-bond acceptors (Lipinski definition) is 2. The summed E-state index contributed by atoms with van der Waals surface area (Å²) in [6, 6.07) is 1.08. The first-order chi connectivity index (χ1) is 8.16. The highest BCUT2D eigenvalue weighted by atomic mass is 35.5. The molecule has 2 heterocycles. The Balaban J connectivity index is 1.83. The molecule has 0 aromatic rings. The number of halogens is 1. The summed E-state index contributed by atoms with van der Waals surface area (Å²) in [5, 5.41) is 0.376. The van der Waals surface area contributed by atoms with Crippen molar-refractivity contribution >= 4 is 17.4 Å². The SMILES string of the molecule is CC1C(=O)C=CN2C3CCC(Cl)CC3CCC12. The lowest BCUT2D eigenvalue weighted by atomic mass is 9.73. The Morgan fingerprint density at radius 2 is 2.00 bits per heavy atom. The molecule has 0 N–H and O–H groups in total. The largest absolute Gasteiger partial charge is 0.370 e. The number of allylic oxidation sites excluding steroid dienone is 1. The van der Waals surface area contributed by atoms with E-state index in [2.05, 4.69) is 18.0 Å². The van der Waals surface area contributed by atoms with Crippen LogP contribution in [-0.2, 0) is 4.79 Å². The number of carbonyl (C=O) groups is 1. The molecule has 3 aliphatic rings. The van der Waals surface area contributed by atoms with Crippen LogP contribution in [0.4, 0.5) is 0 Å². The van der Waals surface area contributed by atoms with E-state index in [4.69, 9.17) is 11.6 Å². The second-order valence-corrected chi connectivity index (χ2v) is 6.45. The van der Waals surface area contributed by atoms with Crippen molar-refractivity contribution in [2.75, 3.05) is 0 Å². The minimum Gasteiger partial charge on any atom is -0.370 e. The van der Waals surface area contributed by atoms with Gasteiger partial charge in [-0.1, -0.05) is 6.92 Å². The van der Waals surface area contributed by atoms with Gasteiger partial charge in [0, 0.05) is 29.6 Å². The number of rotatable bonds is 0. The van der Waals surface area contributed by atoms with Gasteiger partial charge in [-0.05, 0) is 44.1 Å². The fraction of sp³-hybridized carbons (Fsp3) is 0.786. The Hall–Kier alpha value is -0.500. The molecular formula is C14H20ClNO. The summed E-state index contributed by atoms with van der Waals surface area (Å²) in [6.45, 7) is 2.08. The smallest absolute Gasteiger partial charge is 0.161 e. The molecule has 2 nitrogen and oxygen atoms in total. The van der Waals surface area contributed by atoms with E-state index < -0.39 is 0 Å². The van der Waals surface area contributed by atoms with Crippen LogP contribution in [0.1, 0.15) is 39.0 Å². The van der Waals surface area contributed by atoms with Gasteiger partial charge in [0.25, 0.3) is 0 Å². The summed E-state index contributed by atoms with van der Waals surface area (Å²) < 4.78 is 0. The van der Waals surface area contributed by atoms with Crippen molar-refractivity contribution in [2.45, 2.75) is 56.5 Å². The Bertz CT molecular complexity index is 354. The third-order valence-corrected chi connectivity index (χ3v) is 5.31. The molecule has 0 aromatic carbocycles. The van der Waals surface area contributed by atoms with E-state index in [1.807, 2.05) is 0 Å². The molecule has 5 atom stereocenters. The molecule has 0 radical (unpaired) electrons. The zero-order chi connectivity index (χ0) is 12.0. The predicted octanol–water partition coefficient (Wildman–Crippen LogP) is 2.96. The van der Waals surface area contributed by atoms with Crippen LogP contribution in [0.25, 0.3) is 0 Å². The van der Waals surface area contributed by atoms with Crippen molar-refractivity contribution in [2.24, 2.45) is 11.8 Å². The van der Waals surface area contributed by atoms with E-state index >= 15 is 0 Å². The molecule has 1 saturated carbocycles. The Kier molecular flexibility index (Phi) is 2.94. The summed E-state index contributed by atoms with van der Waals surface area (Å²) in [5.41, 5.74) is 0. The van der Waals surface area contributed by atoms with Crippen LogP contribution in [0.5, 0.6) is 0 Å². The second-order valence-electron chi connectivity index (χ2n) is 5.84. The number of fused-ring (bicyclic) bond motifs is 3. The van der Waals surface area contributed by atoms with Gasteiger partial charge in [0.15, 0.2) is 5.78 Å². The summed E-state index contributed by atoms with van der Waals surface area (Å²) in [7, 11) is 0. The van der Waals surface area contributed by atoms with Gasteiger partial charge in [0.2, 0.25) is 0 Å². The van der Waals surface area contributed by atoms with Crippen LogP contribution in [0, 0.1) is 11.8 Å². The number of hydrogen-bond donors (Lipinski definition) is 0. The van der Waals surface area contributed by atoms with Crippen LogP contribution >= 0.6 is 11.6 Å². The van der Waals surface area contributed by atoms with Gasteiger partial charge < -0.3 is 4.90 Å². The quantitative estimate of drug-likeness (QED) is 0.619. The summed E-state index contributed by atoms with van der Waals surface area (Å²) in [5.74, 6) is 1.22. The van der Waals surface area contributed by atoms with Gasteiger partial charge >= 0.3 is 0 Å². The Morgan fingerprint density at radius 1 is 1.24 bits per heavy atom. The van der Waals surface area contributed by atoms with Crippen LogP contribution in [0.2, 0.25) is 0 Å². The number of piperidine rings is 1. The lowest BCUT2D eigenvalue weighted by Gasteiger charge is -2.51. The van der Waals surface area contributed by atoms with Crippen molar-refractivity contribution in [1.82, 2.24) is 4.90 Å². The highest BCUT2D eigenvalue weighted by molar-refractivity contribution is 6.20. The monoisotopic (exact) mass is 253 g/mol. The first kappa shape index (κ1) is 11.6. The normalized spacial score (nSPS) is 45.4. The van der Waals surface area contributed by atoms with E-state index in [1.54, 1.807) is 6.08 Å². The van der Waals surface area contributed by atoms with Crippen LogP contribution in [0.15, 0.2) is 12.3 Å². The Morgan fingerprint density at radius 3 is 2.82 bits per heavy atom. The minimum atomic E-state index is 0.176. The molecule has 1 saturated heterocycles. The zero-order valence-corrected chi connectivity index (χ0v) is 11.1. The number of alkyl halides is 1. The molecule has 0 spiro atoms. The van der Waals surface area contributed by atoms with Gasteiger partial charge in [-0.3, -0.25) is 4.79 Å². The summed E-state index contributed by atoms with van der Waals surface area (Å²) >= 11 is 6.27. The maximum absolute atomic E-state index is 11.7. The first-order valence-electron chi connectivity index (χ1n) is 6.80.